The Kier molecular flexibility index (Phi) is 14.8. The van der Waals surface area contributed by atoms with Crippen LogP contribution in [0.4, 0.5) is 0 Å². The van der Waals surface area contributed by atoms with Gasteiger partial charge in [-0.05, 0) is 25.7 Å². The van der Waals surface area contributed by atoms with Gasteiger partial charge in [-0.25, -0.2) is 4.79 Å². The van der Waals surface area contributed by atoms with E-state index in [-0.39, 0.29) is 31.8 Å². The van der Waals surface area contributed by atoms with Crippen molar-refractivity contribution in [2.75, 3.05) is 13.2 Å². The lowest BCUT2D eigenvalue weighted by Gasteiger charge is -2.24. The van der Waals surface area contributed by atoms with Gasteiger partial charge in [0.15, 0.2) is 5.96 Å². The third-order valence-corrected chi connectivity index (χ3v) is 4.69. The van der Waals surface area contributed by atoms with Gasteiger partial charge in [-0.3, -0.25) is 29.0 Å². The van der Waals surface area contributed by atoms with E-state index in [2.05, 4.69) is 20.9 Å². The van der Waals surface area contributed by atoms with Gasteiger partial charge in [0.05, 0.1) is 12.6 Å². The number of aliphatic hydroxyl groups is 1. The monoisotopic (exact) mass is 518 g/mol. The van der Waals surface area contributed by atoms with E-state index in [4.69, 9.17) is 28.0 Å². The predicted octanol–water partition coefficient (Wildman–Crippen LogP) is -4.97. The maximum Gasteiger partial charge on any atom is 0.326 e. The van der Waals surface area contributed by atoms with Crippen LogP contribution < -0.4 is 38.9 Å². The van der Waals surface area contributed by atoms with Gasteiger partial charge in [0.1, 0.15) is 18.1 Å². The van der Waals surface area contributed by atoms with Gasteiger partial charge >= 0.3 is 11.9 Å². The molecule has 17 heteroatoms. The highest BCUT2D eigenvalue weighted by Gasteiger charge is 2.30. The van der Waals surface area contributed by atoms with Crippen molar-refractivity contribution in [1.29, 1.82) is 0 Å². The Morgan fingerprint density at radius 1 is 0.750 bits per heavy atom. The van der Waals surface area contributed by atoms with Gasteiger partial charge in [-0.15, -0.1) is 0 Å². The normalized spacial score (nSPS) is 13.8. The van der Waals surface area contributed by atoms with Gasteiger partial charge in [0.2, 0.25) is 23.6 Å². The third kappa shape index (κ3) is 13.7. The van der Waals surface area contributed by atoms with Crippen LogP contribution in [0.2, 0.25) is 0 Å². The number of nitrogens with zero attached hydrogens (tertiary/aromatic N) is 1. The van der Waals surface area contributed by atoms with Crippen molar-refractivity contribution in [3.8, 4) is 0 Å². The third-order valence-electron chi connectivity index (χ3n) is 4.69. The van der Waals surface area contributed by atoms with E-state index in [1.165, 1.54) is 0 Å². The first-order valence-corrected chi connectivity index (χ1v) is 10.8. The zero-order chi connectivity index (χ0) is 27.8. The number of carbonyl (C=O) groups excluding carboxylic acids is 4. The summed E-state index contributed by atoms with van der Waals surface area (Å²) in [6, 6.07) is -5.68. The number of nitrogens with two attached hydrogens (primary N) is 4. The second kappa shape index (κ2) is 16.6. The molecule has 0 aliphatic carbocycles. The van der Waals surface area contributed by atoms with Crippen LogP contribution in [0.25, 0.3) is 0 Å². The highest BCUT2D eigenvalue weighted by Crippen LogP contribution is 2.04. The van der Waals surface area contributed by atoms with Crippen molar-refractivity contribution in [3.05, 3.63) is 0 Å². The summed E-state index contributed by atoms with van der Waals surface area (Å²) in [5.74, 6) is -6.60. The summed E-state index contributed by atoms with van der Waals surface area (Å²) in [5, 5.41) is 34.0. The molecule has 4 amide bonds. The van der Waals surface area contributed by atoms with E-state index in [1.807, 2.05) is 0 Å². The maximum absolute atomic E-state index is 12.6. The number of aliphatic imine (C=N–C) groups is 1. The Balaban J connectivity index is 5.25. The zero-order valence-corrected chi connectivity index (χ0v) is 19.5. The number of carbonyl (C=O) groups is 6. The number of carboxylic acid groups (broad SMARTS) is 2. The smallest absolute Gasteiger partial charge is 0.326 e. The topological polar surface area (TPSA) is 316 Å². The van der Waals surface area contributed by atoms with Gasteiger partial charge in [0.25, 0.3) is 0 Å². The molecule has 4 unspecified atom stereocenters. The number of nitrogens with one attached hydrogen (secondary N) is 3. The highest BCUT2D eigenvalue weighted by molar-refractivity contribution is 5.94. The predicted molar refractivity (Wildman–Crippen MR) is 124 cm³/mol. The first-order valence-electron chi connectivity index (χ1n) is 10.8. The molecule has 0 aliphatic heterocycles. The Morgan fingerprint density at radius 2 is 1.28 bits per heavy atom. The summed E-state index contributed by atoms with van der Waals surface area (Å²) in [4.78, 5) is 74.4. The second-order valence-corrected chi connectivity index (χ2v) is 7.70. The van der Waals surface area contributed by atoms with Crippen molar-refractivity contribution < 1.29 is 44.1 Å². The maximum atomic E-state index is 12.6. The molecular formula is C19H34N8O9. The van der Waals surface area contributed by atoms with E-state index in [1.54, 1.807) is 0 Å². The largest absolute Gasteiger partial charge is 0.481 e. The highest BCUT2D eigenvalue weighted by atomic mass is 16.4. The number of guanidine groups is 1. The molecule has 0 aromatic heterocycles. The molecule has 0 saturated carbocycles. The quantitative estimate of drug-likeness (QED) is 0.0463. The summed E-state index contributed by atoms with van der Waals surface area (Å²) < 4.78 is 0. The molecule has 14 N–H and O–H groups in total. The van der Waals surface area contributed by atoms with Gasteiger partial charge in [0, 0.05) is 19.4 Å². The second-order valence-electron chi connectivity index (χ2n) is 7.70. The summed E-state index contributed by atoms with van der Waals surface area (Å²) in [6.45, 7) is -0.660. The number of aliphatic carboxylic acids is 2. The molecule has 36 heavy (non-hydrogen) atoms. The summed E-state index contributed by atoms with van der Waals surface area (Å²) in [5.41, 5.74) is 21.2. The van der Waals surface area contributed by atoms with Crippen molar-refractivity contribution in [1.82, 2.24) is 16.0 Å². The van der Waals surface area contributed by atoms with Crippen LogP contribution in [0.3, 0.4) is 0 Å². The number of primary amides is 1. The van der Waals surface area contributed by atoms with E-state index >= 15 is 0 Å². The van der Waals surface area contributed by atoms with Crippen molar-refractivity contribution in [2.45, 2.75) is 62.7 Å². The Labute approximate surface area is 206 Å². The average molecular weight is 519 g/mol. The fourth-order valence-electron chi connectivity index (χ4n) is 2.75. The van der Waals surface area contributed by atoms with Crippen LogP contribution >= 0.6 is 0 Å². The van der Waals surface area contributed by atoms with Gasteiger partial charge in [-0.2, -0.15) is 0 Å². The first kappa shape index (κ1) is 32.0. The molecule has 17 nitrogen and oxygen atoms in total. The molecule has 0 aromatic rings. The fraction of sp³-hybridized carbons (Fsp3) is 0.632. The minimum absolute atomic E-state index is 0.128. The Bertz CT molecular complexity index is 832. The van der Waals surface area contributed by atoms with Crippen molar-refractivity contribution in [3.63, 3.8) is 0 Å². The lowest BCUT2D eigenvalue weighted by Crippen LogP contribution is -2.58. The van der Waals surface area contributed by atoms with Crippen molar-refractivity contribution >= 4 is 41.5 Å². The number of amides is 4. The molecule has 0 radical (unpaired) electrons. The number of aliphatic hydroxyl groups excluding tert-OH is 1. The van der Waals surface area contributed by atoms with E-state index in [0.717, 1.165) is 0 Å². The molecule has 0 saturated heterocycles. The molecule has 4 atom stereocenters. The fourth-order valence-corrected chi connectivity index (χ4v) is 2.75. The molecule has 0 heterocycles. The van der Waals surface area contributed by atoms with Crippen LogP contribution in [0.15, 0.2) is 4.99 Å². The average Bonchev–Trinajstić information content (AvgIpc) is 2.79. The summed E-state index contributed by atoms with van der Waals surface area (Å²) in [7, 11) is 0. The molecule has 0 aliphatic rings. The molecule has 0 bridgehead atoms. The van der Waals surface area contributed by atoms with Crippen molar-refractivity contribution in [2.24, 2.45) is 27.9 Å². The molecule has 0 rings (SSSR count). The molecule has 0 aromatic carbocycles. The Hall–Kier alpha value is -3.99. The minimum Gasteiger partial charge on any atom is -0.481 e. The molecule has 0 fully saturated rings. The van der Waals surface area contributed by atoms with Crippen LogP contribution in [-0.4, -0.2) is 94.2 Å². The number of hydrogen-bond acceptors (Lipinski definition) is 9. The lowest BCUT2D eigenvalue weighted by molar-refractivity contribution is -0.143. The van der Waals surface area contributed by atoms with Gasteiger partial charge in [-0.1, -0.05) is 0 Å². The number of rotatable bonds is 18. The number of carboxylic acids is 2. The van der Waals surface area contributed by atoms with E-state index in [9.17, 15) is 39.0 Å². The standard InChI is InChI=1S/C19H34N8O9/c20-9(2-1-7-24-19(22)23)15(32)27-12(8-28)17(34)25-10(3-5-13(21)29)16(33)26-11(18(35)36)4-6-14(30)31/h9-12,28H,1-8,20H2,(H2,21,29)(H,25,34)(H,26,33)(H,27,32)(H,30,31)(H,35,36)(H4,22,23,24). The van der Waals surface area contributed by atoms with Crippen LogP contribution in [0.1, 0.15) is 38.5 Å². The molecule has 0 spiro atoms. The SMILES string of the molecule is NC(=O)CCC(NC(=O)C(CO)NC(=O)C(N)CCCN=C(N)N)C(=O)NC(CCC(=O)O)C(=O)O. The number of hydrogen-bond donors (Lipinski definition) is 10. The molecule has 204 valence electrons. The van der Waals surface area contributed by atoms with E-state index < -0.39 is 79.2 Å². The lowest BCUT2D eigenvalue weighted by atomic mass is 10.1. The Morgan fingerprint density at radius 3 is 1.78 bits per heavy atom. The first-order chi connectivity index (χ1) is 16.8. The summed E-state index contributed by atoms with van der Waals surface area (Å²) >= 11 is 0. The van der Waals surface area contributed by atoms with E-state index in [0.29, 0.717) is 6.42 Å². The van der Waals surface area contributed by atoms with Gasteiger partial charge < -0.3 is 54.2 Å². The van der Waals surface area contributed by atoms with Crippen LogP contribution in [0.5, 0.6) is 0 Å². The minimum atomic E-state index is -1.59. The zero-order valence-electron chi connectivity index (χ0n) is 19.5. The summed E-state index contributed by atoms with van der Waals surface area (Å²) in [6.07, 6.45) is -1.20. The molecular weight excluding hydrogens is 484 g/mol. The van der Waals surface area contributed by atoms with Crippen LogP contribution in [-0.2, 0) is 28.8 Å². The van der Waals surface area contributed by atoms with Crippen LogP contribution in [0, 0.1) is 0 Å².